The Bertz CT molecular complexity index is 505. The fraction of sp³-hybridized carbons (Fsp3) is 0.929. The first-order chi connectivity index (χ1) is 9.93. The smallest absolute Gasteiger partial charge is 0.223 e. The number of ether oxygens (including phenoxy) is 1. The van der Waals surface area contributed by atoms with Crippen LogP contribution in [-0.4, -0.2) is 80.9 Å². The van der Waals surface area contributed by atoms with E-state index >= 15 is 0 Å². The summed E-state index contributed by atoms with van der Waals surface area (Å²) in [4.78, 5) is 14.0. The minimum absolute atomic E-state index is 0.0944. The first kappa shape index (κ1) is 19.3. The van der Waals surface area contributed by atoms with Crippen LogP contribution in [0.3, 0.4) is 0 Å². The third-order valence-corrected chi connectivity index (χ3v) is 5.90. The molecule has 1 amide bonds. The number of hydrogen-bond acceptors (Lipinski definition) is 5. The van der Waals surface area contributed by atoms with Gasteiger partial charge in [0.1, 0.15) is 0 Å². The van der Waals surface area contributed by atoms with Gasteiger partial charge in [0.25, 0.3) is 0 Å². The van der Waals surface area contributed by atoms with Gasteiger partial charge in [0.2, 0.25) is 15.9 Å². The summed E-state index contributed by atoms with van der Waals surface area (Å²) in [5.74, 6) is -0.0944. The summed E-state index contributed by atoms with van der Waals surface area (Å²) in [6.07, 6.45) is 1.70. The lowest BCUT2D eigenvalue weighted by Gasteiger charge is -2.50. The van der Waals surface area contributed by atoms with Crippen LogP contribution in [-0.2, 0) is 19.6 Å². The molecule has 0 spiro atoms. The average Bonchev–Trinajstić information content (AvgIpc) is 2.38. The SMILES string of the molecule is COCC1(O)CCN(C(=O)CCN(C)S(C)(=O)=O)CC1(C)C. The standard InChI is InChI=1S/C14H28N2O5S/c1-13(2)10-16(9-7-14(13,18)11-21-4)12(17)6-8-15(3)22(5,19)20/h18H,6-11H2,1-5H3. The number of methoxy groups -OCH3 is 1. The third kappa shape index (κ3) is 4.41. The van der Waals surface area contributed by atoms with E-state index in [0.717, 1.165) is 6.26 Å². The van der Waals surface area contributed by atoms with Crippen LogP contribution in [0.4, 0.5) is 0 Å². The molecule has 1 heterocycles. The van der Waals surface area contributed by atoms with E-state index in [1.807, 2.05) is 13.8 Å². The maximum atomic E-state index is 12.3. The fourth-order valence-corrected chi connectivity index (χ4v) is 3.08. The van der Waals surface area contributed by atoms with Crippen molar-refractivity contribution in [2.75, 3.05) is 46.7 Å². The summed E-state index contributed by atoms with van der Waals surface area (Å²) < 4.78 is 28.9. The van der Waals surface area contributed by atoms with Crippen LogP contribution in [0.2, 0.25) is 0 Å². The number of likely N-dealkylation sites (tertiary alicyclic amines) is 1. The Morgan fingerprint density at radius 2 is 2.00 bits per heavy atom. The highest BCUT2D eigenvalue weighted by Gasteiger charge is 2.48. The number of carbonyl (C=O) groups is 1. The Hall–Kier alpha value is -0.700. The zero-order valence-electron chi connectivity index (χ0n) is 14.1. The number of piperidine rings is 1. The number of nitrogens with zero attached hydrogens (tertiary/aromatic N) is 2. The Kier molecular flexibility index (Phi) is 6.00. The van der Waals surface area contributed by atoms with E-state index in [1.54, 1.807) is 12.0 Å². The van der Waals surface area contributed by atoms with Crippen molar-refractivity contribution in [1.29, 1.82) is 0 Å². The van der Waals surface area contributed by atoms with E-state index in [4.69, 9.17) is 4.74 Å². The highest BCUT2D eigenvalue weighted by atomic mass is 32.2. The maximum Gasteiger partial charge on any atom is 0.223 e. The highest BCUT2D eigenvalue weighted by molar-refractivity contribution is 7.88. The van der Waals surface area contributed by atoms with Crippen molar-refractivity contribution in [3.63, 3.8) is 0 Å². The van der Waals surface area contributed by atoms with Crippen molar-refractivity contribution in [2.45, 2.75) is 32.3 Å². The summed E-state index contributed by atoms with van der Waals surface area (Å²) >= 11 is 0. The summed E-state index contributed by atoms with van der Waals surface area (Å²) in [5, 5.41) is 10.7. The van der Waals surface area contributed by atoms with Gasteiger partial charge in [0.05, 0.1) is 18.5 Å². The zero-order valence-corrected chi connectivity index (χ0v) is 14.9. The number of hydrogen-bond donors (Lipinski definition) is 1. The van der Waals surface area contributed by atoms with Crippen molar-refractivity contribution in [1.82, 2.24) is 9.21 Å². The molecular weight excluding hydrogens is 308 g/mol. The van der Waals surface area contributed by atoms with Crippen LogP contribution in [0, 0.1) is 5.41 Å². The molecule has 0 aliphatic carbocycles. The molecule has 0 radical (unpaired) electrons. The molecule has 1 aliphatic heterocycles. The summed E-state index contributed by atoms with van der Waals surface area (Å²) in [6, 6.07) is 0. The largest absolute Gasteiger partial charge is 0.387 e. The molecule has 1 aliphatic rings. The third-order valence-electron chi connectivity index (χ3n) is 4.58. The van der Waals surface area contributed by atoms with Gasteiger partial charge in [-0.05, 0) is 6.42 Å². The summed E-state index contributed by atoms with van der Waals surface area (Å²) in [7, 11) is -0.265. The Morgan fingerprint density at radius 1 is 1.41 bits per heavy atom. The lowest BCUT2D eigenvalue weighted by atomic mass is 9.70. The van der Waals surface area contributed by atoms with E-state index in [-0.39, 0.29) is 25.5 Å². The van der Waals surface area contributed by atoms with Gasteiger partial charge in [0.15, 0.2) is 0 Å². The second kappa shape index (κ2) is 6.82. The molecule has 7 nitrogen and oxygen atoms in total. The minimum Gasteiger partial charge on any atom is -0.387 e. The summed E-state index contributed by atoms with van der Waals surface area (Å²) in [6.45, 7) is 5.09. The maximum absolute atomic E-state index is 12.3. The monoisotopic (exact) mass is 336 g/mol. The van der Waals surface area contributed by atoms with E-state index in [0.29, 0.717) is 19.5 Å². The Balaban J connectivity index is 2.64. The molecule has 1 rings (SSSR count). The van der Waals surface area contributed by atoms with E-state index < -0.39 is 21.0 Å². The Labute approximate surface area is 133 Å². The van der Waals surface area contributed by atoms with Crippen LogP contribution < -0.4 is 0 Å². The van der Waals surface area contributed by atoms with Crippen LogP contribution in [0.1, 0.15) is 26.7 Å². The topological polar surface area (TPSA) is 87.2 Å². The predicted molar refractivity (Wildman–Crippen MR) is 83.9 cm³/mol. The molecule has 130 valence electrons. The molecule has 1 atom stereocenters. The molecule has 1 N–H and O–H groups in total. The highest BCUT2D eigenvalue weighted by Crippen LogP contribution is 2.38. The van der Waals surface area contributed by atoms with Crippen LogP contribution in [0.5, 0.6) is 0 Å². The lowest BCUT2D eigenvalue weighted by Crippen LogP contribution is -2.60. The van der Waals surface area contributed by atoms with Crippen molar-refractivity contribution in [3.8, 4) is 0 Å². The van der Waals surface area contributed by atoms with E-state index in [1.165, 1.54) is 11.4 Å². The molecular formula is C14H28N2O5S. The molecule has 1 fully saturated rings. The van der Waals surface area contributed by atoms with E-state index in [2.05, 4.69) is 0 Å². The number of rotatable bonds is 6. The predicted octanol–water partition coefficient (Wildman–Crippen LogP) is -0.0961. The van der Waals surface area contributed by atoms with Gasteiger partial charge in [-0.15, -0.1) is 0 Å². The summed E-state index contributed by atoms with van der Waals surface area (Å²) in [5.41, 5.74) is -1.44. The quantitative estimate of drug-likeness (QED) is 0.732. The number of sulfonamides is 1. The number of amides is 1. The second-order valence-corrected chi connectivity index (χ2v) is 8.84. The van der Waals surface area contributed by atoms with Gasteiger partial charge in [-0.25, -0.2) is 12.7 Å². The number of carbonyl (C=O) groups excluding carboxylic acids is 1. The normalized spacial score (nSPS) is 25.5. The molecule has 0 bridgehead atoms. The fourth-order valence-electron chi connectivity index (χ4n) is 2.66. The first-order valence-electron chi connectivity index (χ1n) is 7.33. The molecule has 0 saturated carbocycles. The molecule has 1 unspecified atom stereocenters. The molecule has 0 aromatic rings. The Morgan fingerprint density at radius 3 is 2.45 bits per heavy atom. The van der Waals surface area contributed by atoms with Crippen molar-refractivity contribution < 1.29 is 23.1 Å². The molecule has 1 saturated heterocycles. The van der Waals surface area contributed by atoms with Gasteiger partial charge in [-0.2, -0.15) is 0 Å². The molecule has 22 heavy (non-hydrogen) atoms. The van der Waals surface area contributed by atoms with Gasteiger partial charge < -0.3 is 14.7 Å². The van der Waals surface area contributed by atoms with Crippen molar-refractivity contribution in [2.24, 2.45) is 5.41 Å². The molecule has 0 aromatic heterocycles. The lowest BCUT2D eigenvalue weighted by molar-refractivity contribution is -0.163. The van der Waals surface area contributed by atoms with Crippen LogP contribution >= 0.6 is 0 Å². The van der Waals surface area contributed by atoms with Gasteiger partial charge in [0, 0.05) is 45.6 Å². The average molecular weight is 336 g/mol. The molecule has 8 heteroatoms. The van der Waals surface area contributed by atoms with Gasteiger partial charge in [-0.1, -0.05) is 13.8 Å². The van der Waals surface area contributed by atoms with Crippen LogP contribution in [0.15, 0.2) is 0 Å². The number of aliphatic hydroxyl groups is 1. The second-order valence-electron chi connectivity index (χ2n) is 6.75. The van der Waals surface area contributed by atoms with Crippen molar-refractivity contribution in [3.05, 3.63) is 0 Å². The van der Waals surface area contributed by atoms with Gasteiger partial charge >= 0.3 is 0 Å². The van der Waals surface area contributed by atoms with Gasteiger partial charge in [-0.3, -0.25) is 4.79 Å². The van der Waals surface area contributed by atoms with E-state index in [9.17, 15) is 18.3 Å². The van der Waals surface area contributed by atoms with Crippen molar-refractivity contribution >= 4 is 15.9 Å². The minimum atomic E-state index is -3.27. The van der Waals surface area contributed by atoms with Crippen LogP contribution in [0.25, 0.3) is 0 Å². The zero-order chi connectivity index (χ0) is 17.2. The molecule has 0 aromatic carbocycles. The first-order valence-corrected chi connectivity index (χ1v) is 9.18.